The van der Waals surface area contributed by atoms with Crippen LogP contribution in [-0.2, 0) is 13.1 Å². The van der Waals surface area contributed by atoms with Crippen LogP contribution in [0, 0.1) is 6.92 Å². The van der Waals surface area contributed by atoms with Crippen molar-refractivity contribution in [3.63, 3.8) is 0 Å². The number of nitrogens with one attached hydrogen (secondary N) is 1. The zero-order valence-corrected chi connectivity index (χ0v) is 13.3. The summed E-state index contributed by atoms with van der Waals surface area (Å²) in [5, 5.41) is 3.40. The quantitative estimate of drug-likeness (QED) is 0.788. The third-order valence-corrected chi connectivity index (χ3v) is 3.52. The second-order valence-corrected chi connectivity index (χ2v) is 5.44. The topological polar surface area (TPSA) is 28.2 Å². The fourth-order valence-electron chi connectivity index (χ4n) is 2.43. The second kappa shape index (κ2) is 7.79. The molecule has 0 aliphatic heterocycles. The van der Waals surface area contributed by atoms with Crippen LogP contribution in [0.4, 0.5) is 5.69 Å². The summed E-state index contributed by atoms with van der Waals surface area (Å²) in [4.78, 5) is 6.99. The average molecular weight is 283 g/mol. The molecule has 21 heavy (non-hydrogen) atoms. The molecule has 0 atom stereocenters. The van der Waals surface area contributed by atoms with Crippen molar-refractivity contribution < 1.29 is 0 Å². The van der Waals surface area contributed by atoms with Gasteiger partial charge in [-0.2, -0.15) is 0 Å². The molecule has 0 aliphatic carbocycles. The summed E-state index contributed by atoms with van der Waals surface area (Å²) in [5.41, 5.74) is 4.77. The normalized spacial score (nSPS) is 10.6. The molecule has 0 radical (unpaired) electrons. The van der Waals surface area contributed by atoms with Gasteiger partial charge < -0.3 is 10.2 Å². The van der Waals surface area contributed by atoms with Crippen LogP contribution in [0.2, 0.25) is 0 Å². The molecular weight excluding hydrogens is 258 g/mol. The van der Waals surface area contributed by atoms with E-state index in [-0.39, 0.29) is 0 Å². The van der Waals surface area contributed by atoms with Crippen LogP contribution in [0.15, 0.2) is 42.5 Å². The van der Waals surface area contributed by atoms with E-state index in [4.69, 9.17) is 4.98 Å². The lowest BCUT2D eigenvalue weighted by molar-refractivity contribution is 0.661. The molecule has 112 valence electrons. The molecule has 0 bridgehead atoms. The van der Waals surface area contributed by atoms with Gasteiger partial charge in [0.05, 0.1) is 17.9 Å². The molecular formula is C18H25N3. The van der Waals surface area contributed by atoms with Crippen molar-refractivity contribution in [2.45, 2.75) is 33.4 Å². The Morgan fingerprint density at radius 3 is 2.57 bits per heavy atom. The van der Waals surface area contributed by atoms with Crippen molar-refractivity contribution in [1.82, 2.24) is 10.3 Å². The first kappa shape index (κ1) is 15.5. The van der Waals surface area contributed by atoms with Crippen molar-refractivity contribution in [2.75, 3.05) is 18.5 Å². The predicted octanol–water partition coefficient (Wildman–Crippen LogP) is 3.53. The van der Waals surface area contributed by atoms with Gasteiger partial charge in [0.25, 0.3) is 0 Å². The summed E-state index contributed by atoms with van der Waals surface area (Å²) in [5.74, 6) is 0. The molecule has 0 aliphatic rings. The molecule has 1 aromatic carbocycles. The van der Waals surface area contributed by atoms with Gasteiger partial charge in [0, 0.05) is 19.3 Å². The van der Waals surface area contributed by atoms with Crippen LogP contribution in [-0.4, -0.2) is 18.6 Å². The molecule has 0 fully saturated rings. The zero-order valence-electron chi connectivity index (χ0n) is 13.3. The number of nitrogens with zero attached hydrogens (tertiary/aromatic N) is 2. The molecule has 3 nitrogen and oxygen atoms in total. The van der Waals surface area contributed by atoms with E-state index in [1.165, 1.54) is 11.3 Å². The highest BCUT2D eigenvalue weighted by Crippen LogP contribution is 2.19. The Kier molecular flexibility index (Phi) is 5.76. The molecule has 0 saturated heterocycles. The van der Waals surface area contributed by atoms with Gasteiger partial charge in [-0.1, -0.05) is 31.2 Å². The van der Waals surface area contributed by atoms with Crippen molar-refractivity contribution >= 4 is 5.69 Å². The van der Waals surface area contributed by atoms with Crippen LogP contribution in [0.1, 0.15) is 30.3 Å². The second-order valence-electron chi connectivity index (χ2n) is 5.44. The van der Waals surface area contributed by atoms with Gasteiger partial charge in [0.1, 0.15) is 0 Å². The van der Waals surface area contributed by atoms with Gasteiger partial charge in [0.2, 0.25) is 0 Å². The maximum atomic E-state index is 4.74. The van der Waals surface area contributed by atoms with Crippen LogP contribution in [0.3, 0.4) is 0 Å². The van der Waals surface area contributed by atoms with Gasteiger partial charge in [0.15, 0.2) is 0 Å². The van der Waals surface area contributed by atoms with E-state index >= 15 is 0 Å². The summed E-state index contributed by atoms with van der Waals surface area (Å²) in [6.45, 7) is 7.02. The van der Waals surface area contributed by atoms with E-state index in [1.807, 2.05) is 0 Å². The number of hydrogen-bond acceptors (Lipinski definition) is 3. The number of benzene rings is 1. The first-order valence-electron chi connectivity index (χ1n) is 7.63. The molecule has 1 N–H and O–H groups in total. The number of rotatable bonds is 7. The molecule has 1 heterocycles. The van der Waals surface area contributed by atoms with E-state index in [1.54, 1.807) is 0 Å². The largest absolute Gasteiger partial charge is 0.368 e. The summed E-state index contributed by atoms with van der Waals surface area (Å²) >= 11 is 0. The Bertz CT molecular complexity index is 566. The van der Waals surface area contributed by atoms with Gasteiger partial charge in [-0.3, -0.25) is 4.98 Å². The third-order valence-electron chi connectivity index (χ3n) is 3.52. The Morgan fingerprint density at radius 1 is 1.05 bits per heavy atom. The maximum absolute atomic E-state index is 4.74. The predicted molar refractivity (Wildman–Crippen MR) is 89.5 cm³/mol. The standard InChI is InChI=1S/C18H25N3/c1-4-12-19-13-16-9-7-10-17(20-16)14-21(3)18-11-6-5-8-15(18)2/h5-11,19H,4,12-14H2,1-3H3. The van der Waals surface area contributed by atoms with E-state index < -0.39 is 0 Å². The van der Waals surface area contributed by atoms with Crippen molar-refractivity contribution in [1.29, 1.82) is 0 Å². The van der Waals surface area contributed by atoms with E-state index in [9.17, 15) is 0 Å². The molecule has 2 aromatic rings. The van der Waals surface area contributed by atoms with Crippen LogP contribution < -0.4 is 10.2 Å². The highest BCUT2D eigenvalue weighted by atomic mass is 15.1. The fourth-order valence-corrected chi connectivity index (χ4v) is 2.43. The van der Waals surface area contributed by atoms with E-state index in [0.717, 1.165) is 37.4 Å². The molecule has 0 unspecified atom stereocenters. The Morgan fingerprint density at radius 2 is 1.81 bits per heavy atom. The summed E-state index contributed by atoms with van der Waals surface area (Å²) in [6, 6.07) is 14.7. The Hall–Kier alpha value is -1.87. The van der Waals surface area contributed by atoms with Crippen LogP contribution >= 0.6 is 0 Å². The average Bonchev–Trinajstić information content (AvgIpc) is 2.48. The minimum absolute atomic E-state index is 0.826. The van der Waals surface area contributed by atoms with Gasteiger partial charge in [-0.15, -0.1) is 0 Å². The van der Waals surface area contributed by atoms with Crippen LogP contribution in [0.25, 0.3) is 0 Å². The minimum Gasteiger partial charge on any atom is -0.368 e. The maximum Gasteiger partial charge on any atom is 0.0600 e. The number of pyridine rings is 1. The zero-order chi connectivity index (χ0) is 15.1. The first-order chi connectivity index (χ1) is 10.2. The number of para-hydroxylation sites is 1. The molecule has 0 spiro atoms. The number of aromatic nitrogens is 1. The van der Waals surface area contributed by atoms with E-state index in [0.29, 0.717) is 0 Å². The monoisotopic (exact) mass is 283 g/mol. The van der Waals surface area contributed by atoms with Crippen LogP contribution in [0.5, 0.6) is 0 Å². The lowest BCUT2D eigenvalue weighted by Gasteiger charge is -2.21. The first-order valence-corrected chi connectivity index (χ1v) is 7.63. The van der Waals surface area contributed by atoms with Gasteiger partial charge >= 0.3 is 0 Å². The number of hydrogen-bond donors (Lipinski definition) is 1. The molecule has 1 aromatic heterocycles. The fraction of sp³-hybridized carbons (Fsp3) is 0.389. The molecule has 0 amide bonds. The highest BCUT2D eigenvalue weighted by Gasteiger charge is 2.06. The molecule has 2 rings (SSSR count). The summed E-state index contributed by atoms with van der Waals surface area (Å²) in [6.07, 6.45) is 1.15. The van der Waals surface area contributed by atoms with Gasteiger partial charge in [-0.05, 0) is 43.7 Å². The van der Waals surface area contributed by atoms with Crippen molar-refractivity contribution in [2.24, 2.45) is 0 Å². The summed E-state index contributed by atoms with van der Waals surface area (Å²) < 4.78 is 0. The summed E-state index contributed by atoms with van der Waals surface area (Å²) in [7, 11) is 2.12. The SMILES string of the molecule is CCCNCc1cccc(CN(C)c2ccccc2C)n1. The molecule has 0 saturated carbocycles. The van der Waals surface area contributed by atoms with Crippen molar-refractivity contribution in [3.8, 4) is 0 Å². The highest BCUT2D eigenvalue weighted by molar-refractivity contribution is 5.52. The Labute approximate surface area is 128 Å². The molecule has 3 heteroatoms. The van der Waals surface area contributed by atoms with Crippen molar-refractivity contribution in [3.05, 3.63) is 59.4 Å². The minimum atomic E-state index is 0.826. The number of anilines is 1. The third kappa shape index (κ3) is 4.57. The number of aryl methyl sites for hydroxylation is 1. The lowest BCUT2D eigenvalue weighted by Crippen LogP contribution is -2.19. The Balaban J connectivity index is 2.02. The van der Waals surface area contributed by atoms with E-state index in [2.05, 4.69) is 73.6 Å². The smallest absolute Gasteiger partial charge is 0.0600 e. The van der Waals surface area contributed by atoms with Gasteiger partial charge in [-0.25, -0.2) is 0 Å². The lowest BCUT2D eigenvalue weighted by atomic mass is 10.2.